The molecule has 0 spiro atoms. The molecule has 0 bridgehead atoms. The molecule has 0 atom stereocenters. The average molecular weight is 256 g/mol. The third kappa shape index (κ3) is 2.06. The van der Waals surface area contributed by atoms with Crippen LogP contribution in [-0.4, -0.2) is 16.5 Å². The zero-order valence-corrected chi connectivity index (χ0v) is 9.91. The van der Waals surface area contributed by atoms with E-state index >= 15 is 0 Å². The van der Waals surface area contributed by atoms with Gasteiger partial charge in [-0.1, -0.05) is 0 Å². The minimum absolute atomic E-state index is 0.0320. The Kier molecular flexibility index (Phi) is 3.63. The van der Waals surface area contributed by atoms with Gasteiger partial charge in [-0.25, -0.2) is 22.0 Å². The van der Waals surface area contributed by atoms with E-state index in [-0.39, 0.29) is 10.5 Å². The molecule has 2 nitrogen and oxygen atoms in total. The molecule has 88 valence electrons. The van der Waals surface area contributed by atoms with E-state index in [1.165, 1.54) is 0 Å². The van der Waals surface area contributed by atoms with E-state index in [4.69, 9.17) is 0 Å². The van der Waals surface area contributed by atoms with Gasteiger partial charge in [0.1, 0.15) is 0 Å². The SMILES string of the molecule is O=C(Cc1c(F)c(F)c(F)c(F)c1F)O[SiH3]. The van der Waals surface area contributed by atoms with Gasteiger partial charge in [0.2, 0.25) is 16.3 Å². The molecule has 0 aromatic heterocycles. The molecule has 0 N–H and O–H groups in total. The Hall–Kier alpha value is -1.44. The summed E-state index contributed by atoms with van der Waals surface area (Å²) in [5, 5.41) is 0. The highest BCUT2D eigenvalue weighted by atomic mass is 28.2. The normalized spacial score (nSPS) is 10.6. The van der Waals surface area contributed by atoms with Crippen molar-refractivity contribution in [3.63, 3.8) is 0 Å². The Morgan fingerprint density at radius 1 is 0.938 bits per heavy atom. The lowest BCUT2D eigenvalue weighted by Crippen LogP contribution is -2.13. The lowest BCUT2D eigenvalue weighted by Gasteiger charge is -2.06. The fourth-order valence-corrected chi connectivity index (χ4v) is 1.17. The van der Waals surface area contributed by atoms with Gasteiger partial charge in [-0.2, -0.15) is 0 Å². The maximum atomic E-state index is 13.0. The fraction of sp³-hybridized carbons (Fsp3) is 0.125. The van der Waals surface area contributed by atoms with Crippen molar-refractivity contribution in [2.45, 2.75) is 6.42 Å². The van der Waals surface area contributed by atoms with Crippen molar-refractivity contribution in [2.75, 3.05) is 0 Å². The van der Waals surface area contributed by atoms with Gasteiger partial charge in [0, 0.05) is 5.56 Å². The highest BCUT2D eigenvalue weighted by Gasteiger charge is 2.26. The third-order valence-corrected chi connectivity index (χ3v) is 2.30. The molecule has 0 aliphatic heterocycles. The largest absolute Gasteiger partial charge is 0.528 e. The number of hydrogen-bond acceptors (Lipinski definition) is 2. The highest BCUT2D eigenvalue weighted by Crippen LogP contribution is 2.23. The topological polar surface area (TPSA) is 26.3 Å². The standard InChI is InChI=1S/C8H5F5O2Si/c9-4-2(1-3(14)15-16)5(10)7(12)8(13)6(4)11/h1H2,16H3. The summed E-state index contributed by atoms with van der Waals surface area (Å²) in [7, 11) is -0.0320. The first-order valence-corrected chi connectivity index (χ1v) is 4.79. The molecule has 0 fully saturated rings. The maximum absolute atomic E-state index is 13.0. The molecule has 16 heavy (non-hydrogen) atoms. The molecule has 0 amide bonds. The van der Waals surface area contributed by atoms with E-state index in [1.807, 2.05) is 0 Å². The molecule has 0 heterocycles. The number of carbonyl (C=O) groups is 1. The molecule has 0 aliphatic rings. The molecule has 0 unspecified atom stereocenters. The monoisotopic (exact) mass is 256 g/mol. The summed E-state index contributed by atoms with van der Waals surface area (Å²) >= 11 is 0. The predicted octanol–water partition coefficient (Wildman–Crippen LogP) is 0.748. The smallest absolute Gasteiger partial charge is 0.296 e. The summed E-state index contributed by atoms with van der Waals surface area (Å²) in [5.74, 6) is -11.5. The Bertz CT molecular complexity index is 420. The zero-order chi connectivity index (χ0) is 12.5. The van der Waals surface area contributed by atoms with Crippen LogP contribution in [0, 0.1) is 29.1 Å². The van der Waals surface area contributed by atoms with Crippen LogP contribution in [0.1, 0.15) is 5.56 Å². The van der Waals surface area contributed by atoms with Crippen molar-refractivity contribution >= 4 is 16.5 Å². The van der Waals surface area contributed by atoms with Crippen LogP contribution >= 0.6 is 0 Å². The van der Waals surface area contributed by atoms with E-state index in [0.29, 0.717) is 0 Å². The van der Waals surface area contributed by atoms with Crippen molar-refractivity contribution in [1.29, 1.82) is 0 Å². The van der Waals surface area contributed by atoms with Crippen molar-refractivity contribution in [1.82, 2.24) is 0 Å². The van der Waals surface area contributed by atoms with Gasteiger partial charge in [-0.15, -0.1) is 0 Å². The molecule has 8 heteroatoms. The number of rotatable bonds is 2. The van der Waals surface area contributed by atoms with Crippen molar-refractivity contribution in [3.8, 4) is 0 Å². The summed E-state index contributed by atoms with van der Waals surface area (Å²) in [4.78, 5) is 10.7. The predicted molar refractivity (Wildman–Crippen MR) is 46.0 cm³/mol. The molecule has 0 radical (unpaired) electrons. The Balaban J connectivity index is 3.34. The van der Waals surface area contributed by atoms with Gasteiger partial charge in [0.25, 0.3) is 5.97 Å². The lowest BCUT2D eigenvalue weighted by atomic mass is 10.1. The maximum Gasteiger partial charge on any atom is 0.296 e. The molecular weight excluding hydrogens is 251 g/mol. The Morgan fingerprint density at radius 2 is 1.31 bits per heavy atom. The second kappa shape index (κ2) is 4.60. The van der Waals surface area contributed by atoms with Crippen LogP contribution in [0.4, 0.5) is 22.0 Å². The summed E-state index contributed by atoms with van der Waals surface area (Å²) in [6.45, 7) is 0. The second-order valence-corrected chi connectivity index (χ2v) is 3.21. The number of carbonyl (C=O) groups excluding carboxylic acids is 1. The van der Waals surface area contributed by atoms with Crippen LogP contribution < -0.4 is 0 Å². The van der Waals surface area contributed by atoms with E-state index in [9.17, 15) is 26.7 Å². The van der Waals surface area contributed by atoms with Crippen molar-refractivity contribution in [2.24, 2.45) is 0 Å². The Labute approximate surface area is 89.6 Å². The third-order valence-electron chi connectivity index (χ3n) is 1.85. The van der Waals surface area contributed by atoms with Gasteiger partial charge < -0.3 is 4.43 Å². The van der Waals surface area contributed by atoms with Gasteiger partial charge in [0.15, 0.2) is 23.3 Å². The second-order valence-electron chi connectivity index (χ2n) is 2.80. The molecule has 0 aliphatic carbocycles. The molecule has 1 aromatic carbocycles. The molecule has 0 saturated carbocycles. The van der Waals surface area contributed by atoms with Crippen molar-refractivity contribution < 1.29 is 31.2 Å². The number of halogens is 5. The summed E-state index contributed by atoms with van der Waals surface area (Å²) < 4.78 is 68.1. The quantitative estimate of drug-likeness (QED) is 0.338. The first kappa shape index (κ1) is 12.6. The molecule has 0 saturated heterocycles. The van der Waals surface area contributed by atoms with Crippen LogP contribution in [0.25, 0.3) is 0 Å². The number of benzene rings is 1. The van der Waals surface area contributed by atoms with E-state index < -0.39 is 47.0 Å². The fourth-order valence-electron chi connectivity index (χ4n) is 1.02. The highest BCUT2D eigenvalue weighted by molar-refractivity contribution is 6.05. The van der Waals surface area contributed by atoms with E-state index in [1.54, 1.807) is 0 Å². The van der Waals surface area contributed by atoms with Crippen LogP contribution in [0.15, 0.2) is 0 Å². The Morgan fingerprint density at radius 3 is 1.69 bits per heavy atom. The summed E-state index contributed by atoms with van der Waals surface area (Å²) in [6.07, 6.45) is -0.991. The van der Waals surface area contributed by atoms with Crippen LogP contribution in [0.2, 0.25) is 0 Å². The minimum Gasteiger partial charge on any atom is -0.528 e. The van der Waals surface area contributed by atoms with Crippen molar-refractivity contribution in [3.05, 3.63) is 34.6 Å². The van der Waals surface area contributed by atoms with Gasteiger partial charge >= 0.3 is 0 Å². The average Bonchev–Trinajstić information content (AvgIpc) is 2.29. The van der Waals surface area contributed by atoms with Crippen LogP contribution in [-0.2, 0) is 15.6 Å². The lowest BCUT2D eigenvalue weighted by molar-refractivity contribution is -0.133. The van der Waals surface area contributed by atoms with Crippen LogP contribution in [0.3, 0.4) is 0 Å². The first-order valence-electron chi connectivity index (χ1n) is 3.97. The van der Waals surface area contributed by atoms with E-state index in [2.05, 4.69) is 4.43 Å². The minimum atomic E-state index is -2.25. The molecule has 1 rings (SSSR count). The van der Waals surface area contributed by atoms with Gasteiger partial charge in [-0.05, 0) is 0 Å². The summed E-state index contributed by atoms with van der Waals surface area (Å²) in [5.41, 5.74) is -1.18. The van der Waals surface area contributed by atoms with E-state index in [0.717, 1.165) is 0 Å². The van der Waals surface area contributed by atoms with Gasteiger partial charge in [-0.3, -0.25) is 4.79 Å². The van der Waals surface area contributed by atoms with Gasteiger partial charge in [0.05, 0.1) is 6.42 Å². The van der Waals surface area contributed by atoms with Crippen LogP contribution in [0.5, 0.6) is 0 Å². The number of hydrogen-bond donors (Lipinski definition) is 0. The first-order chi connectivity index (χ1) is 7.40. The molecular formula is C8H5F5O2Si. The summed E-state index contributed by atoms with van der Waals surface area (Å²) in [6, 6.07) is 0. The molecule has 1 aromatic rings. The zero-order valence-electron chi connectivity index (χ0n) is 7.91.